The highest BCUT2D eigenvalue weighted by molar-refractivity contribution is 5.74. The van der Waals surface area contributed by atoms with E-state index in [1.165, 1.54) is 12.1 Å². The molecule has 1 aliphatic carbocycles. The van der Waals surface area contributed by atoms with Crippen molar-refractivity contribution in [1.82, 2.24) is 20.2 Å². The fourth-order valence-corrected chi connectivity index (χ4v) is 3.44. The molecular weight excluding hydrogens is 333 g/mol. The summed E-state index contributed by atoms with van der Waals surface area (Å²) < 4.78 is 13.1. The van der Waals surface area contributed by atoms with E-state index in [2.05, 4.69) is 20.2 Å². The SMILES string of the molecule is O=C(NCC1(c2ccc(F)cc2)CC1)N1CCN(c2ncccn2)CC1. The van der Waals surface area contributed by atoms with Crippen molar-refractivity contribution in [3.8, 4) is 0 Å². The molecule has 4 rings (SSSR count). The number of carbonyl (C=O) groups is 1. The highest BCUT2D eigenvalue weighted by atomic mass is 19.1. The molecule has 2 aromatic rings. The van der Waals surface area contributed by atoms with Gasteiger partial charge in [-0.05, 0) is 36.6 Å². The number of amides is 2. The van der Waals surface area contributed by atoms with Crippen LogP contribution in [-0.4, -0.2) is 53.6 Å². The molecule has 1 saturated heterocycles. The molecule has 2 fully saturated rings. The Bertz CT molecular complexity index is 755. The maximum absolute atomic E-state index is 13.1. The topological polar surface area (TPSA) is 61.4 Å². The molecule has 2 aliphatic rings. The zero-order valence-corrected chi connectivity index (χ0v) is 14.6. The number of rotatable bonds is 4. The van der Waals surface area contributed by atoms with Crippen LogP contribution in [0.4, 0.5) is 15.1 Å². The number of halogens is 1. The van der Waals surface area contributed by atoms with Crippen LogP contribution in [0.3, 0.4) is 0 Å². The van der Waals surface area contributed by atoms with E-state index in [-0.39, 0.29) is 17.3 Å². The van der Waals surface area contributed by atoms with Gasteiger partial charge in [-0.1, -0.05) is 12.1 Å². The molecule has 26 heavy (non-hydrogen) atoms. The first-order chi connectivity index (χ1) is 12.7. The van der Waals surface area contributed by atoms with Crippen molar-refractivity contribution in [2.45, 2.75) is 18.3 Å². The summed E-state index contributed by atoms with van der Waals surface area (Å²) in [7, 11) is 0. The van der Waals surface area contributed by atoms with Crippen LogP contribution in [0.5, 0.6) is 0 Å². The largest absolute Gasteiger partial charge is 0.337 e. The Morgan fingerprint density at radius 3 is 2.35 bits per heavy atom. The van der Waals surface area contributed by atoms with Gasteiger partial charge in [-0.2, -0.15) is 0 Å². The van der Waals surface area contributed by atoms with Crippen molar-refractivity contribution in [1.29, 1.82) is 0 Å². The number of anilines is 1. The van der Waals surface area contributed by atoms with Gasteiger partial charge in [0.1, 0.15) is 5.82 Å². The van der Waals surface area contributed by atoms with Crippen molar-refractivity contribution in [2.75, 3.05) is 37.6 Å². The number of benzene rings is 1. The second-order valence-corrected chi connectivity index (χ2v) is 6.97. The van der Waals surface area contributed by atoms with Gasteiger partial charge < -0.3 is 15.1 Å². The molecule has 1 N–H and O–H groups in total. The molecule has 1 saturated carbocycles. The lowest BCUT2D eigenvalue weighted by molar-refractivity contribution is 0.193. The van der Waals surface area contributed by atoms with E-state index in [4.69, 9.17) is 0 Å². The van der Waals surface area contributed by atoms with Gasteiger partial charge in [-0.3, -0.25) is 0 Å². The van der Waals surface area contributed by atoms with Gasteiger partial charge in [-0.15, -0.1) is 0 Å². The van der Waals surface area contributed by atoms with Gasteiger partial charge >= 0.3 is 6.03 Å². The third-order valence-electron chi connectivity index (χ3n) is 5.29. The van der Waals surface area contributed by atoms with Gasteiger partial charge in [0.05, 0.1) is 0 Å². The smallest absolute Gasteiger partial charge is 0.317 e. The molecule has 0 atom stereocenters. The maximum atomic E-state index is 13.1. The second-order valence-electron chi connectivity index (χ2n) is 6.97. The van der Waals surface area contributed by atoms with Crippen LogP contribution in [0.15, 0.2) is 42.7 Å². The molecular formula is C19H22FN5O. The van der Waals surface area contributed by atoms with Crippen LogP contribution < -0.4 is 10.2 Å². The third-order valence-corrected chi connectivity index (χ3v) is 5.29. The summed E-state index contributed by atoms with van der Waals surface area (Å²) in [5.74, 6) is 0.481. The van der Waals surface area contributed by atoms with E-state index in [9.17, 15) is 9.18 Å². The average Bonchev–Trinajstić information content (AvgIpc) is 3.49. The lowest BCUT2D eigenvalue weighted by Crippen LogP contribution is -2.53. The minimum atomic E-state index is -0.228. The van der Waals surface area contributed by atoms with Gasteiger partial charge in [-0.25, -0.2) is 19.2 Å². The summed E-state index contributed by atoms with van der Waals surface area (Å²) in [4.78, 5) is 24.9. The highest BCUT2D eigenvalue weighted by Gasteiger charge is 2.44. The van der Waals surface area contributed by atoms with Crippen molar-refractivity contribution >= 4 is 12.0 Å². The number of nitrogens with one attached hydrogen (secondary N) is 1. The zero-order valence-electron chi connectivity index (χ0n) is 14.6. The van der Waals surface area contributed by atoms with Gasteiger partial charge in [0.15, 0.2) is 0 Å². The Balaban J connectivity index is 1.29. The third kappa shape index (κ3) is 3.47. The van der Waals surface area contributed by atoms with E-state index >= 15 is 0 Å². The first-order valence-corrected chi connectivity index (χ1v) is 8.97. The van der Waals surface area contributed by atoms with E-state index in [1.807, 2.05) is 17.0 Å². The predicted molar refractivity (Wildman–Crippen MR) is 96.5 cm³/mol. The summed E-state index contributed by atoms with van der Waals surface area (Å²) in [5.41, 5.74) is 1.08. The molecule has 1 aromatic carbocycles. The number of hydrogen-bond donors (Lipinski definition) is 1. The van der Waals surface area contributed by atoms with Crippen LogP contribution in [0.1, 0.15) is 18.4 Å². The van der Waals surface area contributed by atoms with Crippen molar-refractivity contribution in [3.05, 3.63) is 54.1 Å². The summed E-state index contributed by atoms with van der Waals surface area (Å²) in [6, 6.07) is 8.39. The Morgan fingerprint density at radius 2 is 1.73 bits per heavy atom. The molecule has 1 aliphatic heterocycles. The fraction of sp³-hybridized carbons (Fsp3) is 0.421. The quantitative estimate of drug-likeness (QED) is 0.913. The Morgan fingerprint density at radius 1 is 1.08 bits per heavy atom. The number of nitrogens with zero attached hydrogens (tertiary/aromatic N) is 4. The Hall–Kier alpha value is -2.70. The first kappa shape index (κ1) is 16.8. The molecule has 1 aromatic heterocycles. The van der Waals surface area contributed by atoms with Crippen LogP contribution in [-0.2, 0) is 5.41 Å². The van der Waals surface area contributed by atoms with Crippen LogP contribution >= 0.6 is 0 Å². The summed E-state index contributed by atoms with van der Waals surface area (Å²) >= 11 is 0. The molecule has 0 unspecified atom stereocenters. The minimum Gasteiger partial charge on any atom is -0.337 e. The van der Waals surface area contributed by atoms with E-state index in [0.29, 0.717) is 25.6 Å². The summed E-state index contributed by atoms with van der Waals surface area (Å²) in [6.07, 6.45) is 5.51. The molecule has 2 amide bonds. The van der Waals surface area contributed by atoms with Gasteiger partial charge in [0, 0.05) is 50.5 Å². The summed E-state index contributed by atoms with van der Waals surface area (Å²) in [6.45, 7) is 3.34. The van der Waals surface area contributed by atoms with Crippen molar-refractivity contribution in [3.63, 3.8) is 0 Å². The fourth-order valence-electron chi connectivity index (χ4n) is 3.44. The highest BCUT2D eigenvalue weighted by Crippen LogP contribution is 2.47. The molecule has 0 radical (unpaired) electrons. The van der Waals surface area contributed by atoms with Crippen LogP contribution in [0.2, 0.25) is 0 Å². The van der Waals surface area contributed by atoms with Gasteiger partial charge in [0.2, 0.25) is 5.95 Å². The lowest BCUT2D eigenvalue weighted by atomic mass is 9.96. The van der Waals surface area contributed by atoms with Crippen molar-refractivity contribution < 1.29 is 9.18 Å². The summed E-state index contributed by atoms with van der Waals surface area (Å²) in [5, 5.41) is 3.07. The number of aromatic nitrogens is 2. The lowest BCUT2D eigenvalue weighted by Gasteiger charge is -2.35. The average molecular weight is 355 g/mol. The van der Waals surface area contributed by atoms with Crippen LogP contribution in [0, 0.1) is 5.82 Å². The molecule has 7 heteroatoms. The predicted octanol–water partition coefficient (Wildman–Crippen LogP) is 2.18. The van der Waals surface area contributed by atoms with Gasteiger partial charge in [0.25, 0.3) is 0 Å². The number of urea groups is 1. The molecule has 0 spiro atoms. The second kappa shape index (κ2) is 6.90. The Kier molecular flexibility index (Phi) is 4.44. The monoisotopic (exact) mass is 355 g/mol. The molecule has 2 heterocycles. The molecule has 0 bridgehead atoms. The molecule has 6 nitrogen and oxygen atoms in total. The Labute approximate surface area is 152 Å². The first-order valence-electron chi connectivity index (χ1n) is 8.97. The zero-order chi connectivity index (χ0) is 18.0. The molecule has 136 valence electrons. The van der Waals surface area contributed by atoms with E-state index < -0.39 is 0 Å². The number of carbonyl (C=O) groups excluding carboxylic acids is 1. The minimum absolute atomic E-state index is 0.0247. The maximum Gasteiger partial charge on any atom is 0.317 e. The van der Waals surface area contributed by atoms with E-state index in [0.717, 1.165) is 31.5 Å². The normalized spacial score (nSPS) is 18.5. The number of hydrogen-bond acceptors (Lipinski definition) is 4. The van der Waals surface area contributed by atoms with E-state index in [1.54, 1.807) is 18.5 Å². The van der Waals surface area contributed by atoms with Crippen molar-refractivity contribution in [2.24, 2.45) is 0 Å². The number of piperazine rings is 1. The standard InChI is InChI=1S/C19H22FN5O/c20-16-4-2-15(3-5-16)19(6-7-19)14-23-18(26)25-12-10-24(11-13-25)17-21-8-1-9-22-17/h1-5,8-9H,6-7,10-14H2,(H,23,26). The van der Waals surface area contributed by atoms with Crippen LogP contribution in [0.25, 0.3) is 0 Å².